The van der Waals surface area contributed by atoms with E-state index in [-0.39, 0.29) is 17.8 Å². The van der Waals surface area contributed by atoms with Crippen LogP contribution in [0.4, 0.5) is 5.82 Å². The second-order valence-corrected chi connectivity index (χ2v) is 10.1. The fraction of sp³-hybridized carbons (Fsp3) is 0.696. The molecule has 0 saturated heterocycles. The molecule has 2 aromatic rings. The molecule has 0 aliphatic heterocycles. The number of hydrogen-bond donors (Lipinski definition) is 5. The molecular formula is C23H35N7O2. The van der Waals surface area contributed by atoms with E-state index in [4.69, 9.17) is 16.9 Å². The smallest absolute Gasteiger partial charge is 0.145 e. The van der Waals surface area contributed by atoms with Gasteiger partial charge in [0, 0.05) is 37.2 Å². The number of nitrogens with zero attached hydrogens (tertiary/aromatic N) is 4. The molecule has 9 heteroatoms. The minimum atomic E-state index is -0.834. The fourth-order valence-electron chi connectivity index (χ4n) is 5.97. The average molecular weight is 442 g/mol. The lowest BCUT2D eigenvalue weighted by Crippen LogP contribution is -2.54. The number of aliphatic hydroxyl groups is 2. The highest BCUT2D eigenvalue weighted by molar-refractivity contribution is 5.86. The Hall–Kier alpha value is -2.23. The molecule has 32 heavy (non-hydrogen) atoms. The molecule has 3 saturated carbocycles. The van der Waals surface area contributed by atoms with E-state index >= 15 is 0 Å². The summed E-state index contributed by atoms with van der Waals surface area (Å²) in [6.07, 6.45) is 10.2. The summed E-state index contributed by atoms with van der Waals surface area (Å²) in [6.45, 7) is 0.819. The fourth-order valence-corrected chi connectivity index (χ4v) is 5.97. The van der Waals surface area contributed by atoms with Crippen LogP contribution in [0.1, 0.15) is 57.4 Å². The maximum Gasteiger partial charge on any atom is 0.145 e. The minimum absolute atomic E-state index is 0.0171. The number of hydrogen-bond acceptors (Lipinski definition) is 7. The van der Waals surface area contributed by atoms with Crippen LogP contribution in [-0.2, 0) is 0 Å². The van der Waals surface area contributed by atoms with E-state index < -0.39 is 12.2 Å². The van der Waals surface area contributed by atoms with Crippen LogP contribution in [0.15, 0.2) is 18.6 Å². The first-order valence-corrected chi connectivity index (χ1v) is 11.9. The first-order valence-electron chi connectivity index (χ1n) is 11.9. The molecule has 174 valence electrons. The Balaban J connectivity index is 1.27. The van der Waals surface area contributed by atoms with Gasteiger partial charge in [0.15, 0.2) is 0 Å². The van der Waals surface area contributed by atoms with Crippen molar-refractivity contribution < 1.29 is 10.2 Å². The summed E-state index contributed by atoms with van der Waals surface area (Å²) in [5.41, 5.74) is 12.2. The second kappa shape index (κ2) is 8.61. The normalized spacial score (nSPS) is 32.8. The van der Waals surface area contributed by atoms with Crippen molar-refractivity contribution >= 4 is 22.7 Å². The van der Waals surface area contributed by atoms with Crippen molar-refractivity contribution in [1.29, 1.82) is 5.41 Å². The summed E-state index contributed by atoms with van der Waals surface area (Å²) in [6, 6.07) is 2.79. The number of nitrogens with one attached hydrogen (secondary N) is 1. The van der Waals surface area contributed by atoms with Crippen LogP contribution in [0.3, 0.4) is 0 Å². The Kier molecular flexibility index (Phi) is 5.81. The zero-order chi connectivity index (χ0) is 22.4. The third kappa shape index (κ3) is 3.86. The summed E-state index contributed by atoms with van der Waals surface area (Å²) >= 11 is 0. The van der Waals surface area contributed by atoms with Crippen molar-refractivity contribution in [3.05, 3.63) is 18.6 Å². The van der Waals surface area contributed by atoms with Gasteiger partial charge in [0.2, 0.25) is 0 Å². The van der Waals surface area contributed by atoms with Crippen LogP contribution in [-0.4, -0.2) is 66.3 Å². The first kappa shape index (κ1) is 21.6. The zero-order valence-corrected chi connectivity index (χ0v) is 18.5. The molecule has 3 aliphatic rings. The minimum Gasteiger partial charge on any atom is -0.390 e. The van der Waals surface area contributed by atoms with Crippen molar-refractivity contribution in [2.75, 3.05) is 12.3 Å². The highest BCUT2D eigenvalue weighted by atomic mass is 16.3. The number of amidine groups is 1. The number of fused-ring (bicyclic) bond motifs is 1. The number of nitrogen functional groups attached to an aromatic ring is 1. The third-order valence-electron chi connectivity index (χ3n) is 8.16. The molecular weight excluding hydrogens is 406 g/mol. The predicted octanol–water partition coefficient (Wildman–Crippen LogP) is 1.65. The zero-order valence-electron chi connectivity index (χ0n) is 18.5. The Bertz CT molecular complexity index is 968. The van der Waals surface area contributed by atoms with Gasteiger partial charge in [0.1, 0.15) is 23.9 Å². The highest BCUT2D eigenvalue weighted by Crippen LogP contribution is 2.43. The molecule has 0 aromatic carbocycles. The van der Waals surface area contributed by atoms with Gasteiger partial charge in [-0.1, -0.05) is 6.42 Å². The molecule has 0 unspecified atom stereocenters. The van der Waals surface area contributed by atoms with Crippen molar-refractivity contribution in [3.8, 4) is 0 Å². The quantitative estimate of drug-likeness (QED) is 0.309. The second-order valence-electron chi connectivity index (χ2n) is 10.1. The molecule has 2 heterocycles. The van der Waals surface area contributed by atoms with Gasteiger partial charge >= 0.3 is 0 Å². The van der Waals surface area contributed by atoms with Crippen molar-refractivity contribution in [1.82, 2.24) is 19.4 Å². The van der Waals surface area contributed by atoms with Crippen LogP contribution < -0.4 is 11.5 Å². The van der Waals surface area contributed by atoms with Crippen molar-refractivity contribution in [2.45, 2.75) is 81.7 Å². The topological polar surface area (TPSA) is 150 Å². The molecule has 7 N–H and O–H groups in total. The van der Waals surface area contributed by atoms with Crippen LogP contribution in [0.2, 0.25) is 0 Å². The average Bonchev–Trinajstić information content (AvgIpc) is 3.22. The van der Waals surface area contributed by atoms with E-state index in [0.717, 1.165) is 31.2 Å². The molecule has 9 nitrogen and oxygen atoms in total. The molecule has 5 rings (SSSR count). The molecule has 0 bridgehead atoms. The molecule has 4 atom stereocenters. The van der Waals surface area contributed by atoms with Crippen LogP contribution in [0, 0.1) is 17.2 Å². The van der Waals surface area contributed by atoms with Crippen molar-refractivity contribution in [2.24, 2.45) is 17.6 Å². The van der Waals surface area contributed by atoms with E-state index in [0.29, 0.717) is 42.3 Å². The van der Waals surface area contributed by atoms with E-state index in [1.807, 2.05) is 16.8 Å². The molecule has 3 fully saturated rings. The van der Waals surface area contributed by atoms with Gasteiger partial charge in [-0.15, -0.1) is 0 Å². The Labute approximate surface area is 188 Å². The summed E-state index contributed by atoms with van der Waals surface area (Å²) in [7, 11) is 0. The summed E-state index contributed by atoms with van der Waals surface area (Å²) in [5, 5.41) is 30.1. The largest absolute Gasteiger partial charge is 0.390 e. The number of nitrogens with two attached hydrogens (primary N) is 2. The Morgan fingerprint density at radius 3 is 2.62 bits per heavy atom. The van der Waals surface area contributed by atoms with Gasteiger partial charge in [0.25, 0.3) is 0 Å². The SMILES string of the molecule is N=C(N)CCC1CC(N(C[C@H]2C[C@@H](n3ccc4c(N)ncnc43)[C@H](O)[C@@H]2O)C2CCC2)C1. The molecule has 0 spiro atoms. The lowest BCUT2D eigenvalue weighted by atomic mass is 9.74. The van der Waals surface area contributed by atoms with Crippen LogP contribution in [0.5, 0.6) is 0 Å². The lowest BCUT2D eigenvalue weighted by molar-refractivity contribution is -0.0336. The number of aliphatic hydroxyl groups excluding tert-OH is 2. The monoisotopic (exact) mass is 441 g/mol. The van der Waals surface area contributed by atoms with E-state index in [1.165, 1.54) is 25.6 Å². The van der Waals surface area contributed by atoms with Crippen LogP contribution in [0.25, 0.3) is 11.0 Å². The maximum atomic E-state index is 11.0. The van der Waals surface area contributed by atoms with Crippen LogP contribution >= 0.6 is 0 Å². The number of anilines is 1. The number of rotatable bonds is 8. The van der Waals surface area contributed by atoms with Gasteiger partial charge in [-0.25, -0.2) is 9.97 Å². The van der Waals surface area contributed by atoms with Crippen molar-refractivity contribution in [3.63, 3.8) is 0 Å². The molecule has 3 aliphatic carbocycles. The molecule has 0 radical (unpaired) electrons. The third-order valence-corrected chi connectivity index (χ3v) is 8.16. The Morgan fingerprint density at radius 2 is 1.94 bits per heavy atom. The van der Waals surface area contributed by atoms with E-state index in [1.54, 1.807) is 0 Å². The predicted molar refractivity (Wildman–Crippen MR) is 123 cm³/mol. The molecule has 2 aromatic heterocycles. The Morgan fingerprint density at radius 1 is 1.16 bits per heavy atom. The summed E-state index contributed by atoms with van der Waals surface area (Å²) in [5.74, 6) is 1.37. The summed E-state index contributed by atoms with van der Waals surface area (Å²) < 4.78 is 1.95. The number of aromatic nitrogens is 3. The van der Waals surface area contributed by atoms with Gasteiger partial charge in [0.05, 0.1) is 23.4 Å². The summed E-state index contributed by atoms with van der Waals surface area (Å²) in [4.78, 5) is 11.0. The van der Waals surface area contributed by atoms with E-state index in [9.17, 15) is 10.2 Å². The van der Waals surface area contributed by atoms with Gasteiger partial charge < -0.3 is 26.2 Å². The standard InChI is InChI=1S/C23H35N7O2/c24-19(25)5-4-13-8-16(9-13)30(15-2-1-3-15)11-14-10-18(21(32)20(14)31)29-7-6-17-22(26)27-12-28-23(17)29/h6-7,12-16,18,20-21,31-32H,1-5,8-11H2,(H3,24,25)(H2,26,27,28)/t13?,14-,16?,18-,20-,21+/m1/s1. The molecule has 0 amide bonds. The highest BCUT2D eigenvalue weighted by Gasteiger charge is 2.46. The lowest BCUT2D eigenvalue weighted by Gasteiger charge is -2.50. The van der Waals surface area contributed by atoms with E-state index in [2.05, 4.69) is 14.9 Å². The van der Waals surface area contributed by atoms with Gasteiger partial charge in [-0.2, -0.15) is 0 Å². The maximum absolute atomic E-state index is 11.0. The van der Waals surface area contributed by atoms with Gasteiger partial charge in [-0.3, -0.25) is 10.3 Å². The van der Waals surface area contributed by atoms with Gasteiger partial charge in [-0.05, 0) is 50.5 Å². The first-order chi connectivity index (χ1) is 15.4.